The van der Waals surface area contributed by atoms with E-state index in [9.17, 15) is 14.4 Å². The van der Waals surface area contributed by atoms with Crippen molar-refractivity contribution in [2.75, 3.05) is 6.54 Å². The predicted molar refractivity (Wildman–Crippen MR) is 86.0 cm³/mol. The molecule has 2 fully saturated rings. The predicted octanol–water partition coefficient (Wildman–Crippen LogP) is 2.36. The molecule has 1 aromatic carbocycles. The van der Waals surface area contributed by atoms with Gasteiger partial charge in [-0.15, -0.1) is 0 Å². The van der Waals surface area contributed by atoms with Crippen molar-refractivity contribution in [1.82, 2.24) is 10.2 Å². The van der Waals surface area contributed by atoms with Crippen LogP contribution in [0.5, 0.6) is 0 Å². The minimum Gasteiger partial charge on any atom is -0.323 e. The van der Waals surface area contributed by atoms with Crippen LogP contribution in [0.15, 0.2) is 24.3 Å². The van der Waals surface area contributed by atoms with Crippen molar-refractivity contribution >= 4 is 17.7 Å². The van der Waals surface area contributed by atoms with Gasteiger partial charge in [-0.25, -0.2) is 4.79 Å². The third-order valence-electron chi connectivity index (χ3n) is 4.81. The van der Waals surface area contributed by atoms with Crippen molar-refractivity contribution in [3.05, 3.63) is 35.4 Å². The number of amides is 3. The van der Waals surface area contributed by atoms with Gasteiger partial charge in [0, 0.05) is 6.42 Å². The number of urea groups is 1. The molecule has 1 saturated carbocycles. The second-order valence-corrected chi connectivity index (χ2v) is 6.67. The Morgan fingerprint density at radius 1 is 1.13 bits per heavy atom. The fourth-order valence-corrected chi connectivity index (χ4v) is 3.48. The first kappa shape index (κ1) is 15.7. The molecule has 0 bridgehead atoms. The van der Waals surface area contributed by atoms with E-state index in [1.807, 2.05) is 31.2 Å². The van der Waals surface area contributed by atoms with E-state index in [0.29, 0.717) is 12.8 Å². The lowest BCUT2D eigenvalue weighted by molar-refractivity contribution is -0.135. The van der Waals surface area contributed by atoms with Gasteiger partial charge in [-0.05, 0) is 25.3 Å². The number of ketones is 1. The van der Waals surface area contributed by atoms with Crippen molar-refractivity contribution in [1.29, 1.82) is 0 Å². The first-order chi connectivity index (χ1) is 11.0. The number of carbonyl (C=O) groups excluding carboxylic acids is 3. The molecule has 5 nitrogen and oxygen atoms in total. The third-order valence-corrected chi connectivity index (χ3v) is 4.81. The Hall–Kier alpha value is -2.17. The molecule has 1 spiro atoms. The molecule has 1 aliphatic carbocycles. The Bertz CT molecular complexity index is 630. The van der Waals surface area contributed by atoms with E-state index < -0.39 is 11.6 Å². The summed E-state index contributed by atoms with van der Waals surface area (Å²) in [5.41, 5.74) is 1.29. The van der Waals surface area contributed by atoms with Gasteiger partial charge in [-0.2, -0.15) is 0 Å². The summed E-state index contributed by atoms with van der Waals surface area (Å²) < 4.78 is 0. The molecule has 0 radical (unpaired) electrons. The summed E-state index contributed by atoms with van der Waals surface area (Å²) in [6.45, 7) is 1.85. The Kier molecular flexibility index (Phi) is 4.20. The number of hydrogen-bond acceptors (Lipinski definition) is 3. The lowest BCUT2D eigenvalue weighted by atomic mass is 9.82. The highest BCUT2D eigenvalue weighted by Crippen LogP contribution is 2.33. The molecule has 1 heterocycles. The Morgan fingerprint density at radius 3 is 2.43 bits per heavy atom. The molecular formula is C18H22N2O3. The normalized spacial score (nSPS) is 20.0. The van der Waals surface area contributed by atoms with Gasteiger partial charge in [-0.3, -0.25) is 14.5 Å². The molecule has 0 atom stereocenters. The number of benzene rings is 1. The van der Waals surface area contributed by atoms with Crippen LogP contribution in [-0.4, -0.2) is 34.7 Å². The van der Waals surface area contributed by atoms with E-state index in [0.717, 1.165) is 35.3 Å². The fraction of sp³-hybridized carbons (Fsp3) is 0.500. The van der Waals surface area contributed by atoms with E-state index in [1.54, 1.807) is 0 Å². The maximum Gasteiger partial charge on any atom is 0.325 e. The smallest absolute Gasteiger partial charge is 0.323 e. The summed E-state index contributed by atoms with van der Waals surface area (Å²) in [4.78, 5) is 38.1. The number of hydrogen-bond donors (Lipinski definition) is 1. The van der Waals surface area contributed by atoms with Gasteiger partial charge >= 0.3 is 6.03 Å². The summed E-state index contributed by atoms with van der Waals surface area (Å²) in [5.74, 6) is -0.343. The molecule has 0 unspecified atom stereocenters. The van der Waals surface area contributed by atoms with Crippen LogP contribution in [0.4, 0.5) is 4.79 Å². The molecule has 3 rings (SSSR count). The minimum atomic E-state index is -0.751. The van der Waals surface area contributed by atoms with Crippen molar-refractivity contribution in [3.63, 3.8) is 0 Å². The van der Waals surface area contributed by atoms with Gasteiger partial charge in [-0.1, -0.05) is 49.1 Å². The molecule has 23 heavy (non-hydrogen) atoms. The zero-order valence-electron chi connectivity index (χ0n) is 13.4. The zero-order valence-corrected chi connectivity index (χ0v) is 13.4. The molecule has 1 aromatic rings. The summed E-state index contributed by atoms with van der Waals surface area (Å²) >= 11 is 0. The number of nitrogens with one attached hydrogen (secondary N) is 1. The fourth-order valence-electron chi connectivity index (χ4n) is 3.48. The maximum absolute atomic E-state index is 12.6. The van der Waals surface area contributed by atoms with Crippen LogP contribution in [0, 0.1) is 6.92 Å². The van der Waals surface area contributed by atoms with E-state index in [4.69, 9.17) is 0 Å². The zero-order chi connectivity index (χ0) is 16.4. The van der Waals surface area contributed by atoms with Crippen LogP contribution in [0.25, 0.3) is 0 Å². The van der Waals surface area contributed by atoms with Gasteiger partial charge < -0.3 is 5.32 Å². The van der Waals surface area contributed by atoms with Gasteiger partial charge in [0.2, 0.25) is 0 Å². The number of carbonyl (C=O) groups is 3. The van der Waals surface area contributed by atoms with Crippen LogP contribution >= 0.6 is 0 Å². The first-order valence-electron chi connectivity index (χ1n) is 8.21. The Morgan fingerprint density at radius 2 is 1.78 bits per heavy atom. The highest BCUT2D eigenvalue weighted by Gasteiger charge is 2.51. The summed E-state index contributed by atoms with van der Waals surface area (Å²) in [5, 5.41) is 2.83. The molecule has 5 heteroatoms. The topological polar surface area (TPSA) is 66.5 Å². The second kappa shape index (κ2) is 6.14. The number of aryl methyl sites for hydroxylation is 1. The van der Waals surface area contributed by atoms with E-state index in [1.165, 1.54) is 0 Å². The molecule has 0 aromatic heterocycles. The average molecular weight is 314 g/mol. The summed E-state index contributed by atoms with van der Waals surface area (Å²) in [6.07, 6.45) is 4.58. The maximum atomic E-state index is 12.6. The van der Waals surface area contributed by atoms with Crippen LogP contribution in [0.2, 0.25) is 0 Å². The molecular weight excluding hydrogens is 292 g/mol. The van der Waals surface area contributed by atoms with Gasteiger partial charge in [0.1, 0.15) is 5.54 Å². The molecule has 2 aliphatic rings. The second-order valence-electron chi connectivity index (χ2n) is 6.67. The third kappa shape index (κ3) is 3.14. The number of imide groups is 1. The van der Waals surface area contributed by atoms with Gasteiger partial charge in [0.25, 0.3) is 5.91 Å². The van der Waals surface area contributed by atoms with Crippen molar-refractivity contribution < 1.29 is 14.4 Å². The largest absolute Gasteiger partial charge is 0.325 e. The van der Waals surface area contributed by atoms with Crippen LogP contribution in [0.3, 0.4) is 0 Å². The van der Waals surface area contributed by atoms with Crippen molar-refractivity contribution in [2.45, 2.75) is 51.0 Å². The van der Waals surface area contributed by atoms with Crippen LogP contribution < -0.4 is 5.32 Å². The van der Waals surface area contributed by atoms with Crippen molar-refractivity contribution in [2.24, 2.45) is 0 Å². The molecule has 1 N–H and O–H groups in total. The average Bonchev–Trinajstić information content (AvgIpc) is 2.75. The van der Waals surface area contributed by atoms with Crippen LogP contribution in [-0.2, 0) is 16.0 Å². The Balaban J connectivity index is 1.65. The number of Topliss-reactive ketones (excluding diaryl/α,β-unsaturated/α-hetero) is 1. The summed E-state index contributed by atoms with van der Waals surface area (Å²) in [7, 11) is 0. The molecule has 1 aliphatic heterocycles. The molecule has 3 amide bonds. The van der Waals surface area contributed by atoms with Crippen LogP contribution in [0.1, 0.15) is 43.2 Å². The van der Waals surface area contributed by atoms with Gasteiger partial charge in [0.05, 0.1) is 6.54 Å². The quantitative estimate of drug-likeness (QED) is 0.868. The van der Waals surface area contributed by atoms with Crippen molar-refractivity contribution in [3.8, 4) is 0 Å². The molecule has 122 valence electrons. The van der Waals surface area contributed by atoms with Gasteiger partial charge in [0.15, 0.2) is 5.78 Å². The minimum absolute atomic E-state index is 0.120. The molecule has 1 saturated heterocycles. The lowest BCUT2D eigenvalue weighted by Crippen LogP contribution is -2.48. The van der Waals surface area contributed by atoms with E-state index >= 15 is 0 Å². The standard InChI is InChI=1S/C18H22N2O3/c1-13-5-7-14(8-6-13)11-15(21)12-20-16(22)18(19-17(20)23)9-3-2-4-10-18/h5-8H,2-4,9-12H2,1H3,(H,19,23). The summed E-state index contributed by atoms with van der Waals surface area (Å²) in [6, 6.07) is 7.29. The lowest BCUT2D eigenvalue weighted by Gasteiger charge is -2.30. The van der Waals surface area contributed by atoms with E-state index in [-0.39, 0.29) is 24.7 Å². The highest BCUT2D eigenvalue weighted by molar-refractivity contribution is 6.09. The first-order valence-corrected chi connectivity index (χ1v) is 8.21. The SMILES string of the molecule is Cc1ccc(CC(=O)CN2C(=O)NC3(CCCCC3)C2=O)cc1. The van der Waals surface area contributed by atoms with E-state index in [2.05, 4.69) is 5.32 Å². The monoisotopic (exact) mass is 314 g/mol. The number of rotatable bonds is 4. The number of nitrogens with zero attached hydrogens (tertiary/aromatic N) is 1. The Labute approximate surface area is 136 Å². The highest BCUT2D eigenvalue weighted by atomic mass is 16.2.